The van der Waals surface area contributed by atoms with E-state index in [-0.39, 0.29) is 11.5 Å². The molecular weight excluding hydrogens is 462 g/mol. The van der Waals surface area contributed by atoms with Gasteiger partial charge in [-0.05, 0) is 42.3 Å². The van der Waals surface area contributed by atoms with Crippen molar-refractivity contribution in [3.63, 3.8) is 0 Å². The van der Waals surface area contributed by atoms with Crippen molar-refractivity contribution >= 4 is 28.9 Å². The SMILES string of the molecule is CC.CC.COCCOC(=O)c1ccc(C)c(-c2ccc(C(=O)Nc3c(F)cncc3F)s2)c1. The minimum absolute atomic E-state index is 0.143. The number of nitrogens with zero attached hydrogens (tertiary/aromatic N) is 1. The molecule has 3 aromatic rings. The van der Waals surface area contributed by atoms with Crippen molar-refractivity contribution in [3.8, 4) is 10.4 Å². The van der Waals surface area contributed by atoms with E-state index in [1.54, 1.807) is 30.3 Å². The van der Waals surface area contributed by atoms with Gasteiger partial charge in [-0.2, -0.15) is 0 Å². The van der Waals surface area contributed by atoms with Crippen LogP contribution in [0.1, 0.15) is 53.3 Å². The molecule has 0 aliphatic heterocycles. The molecule has 9 heteroatoms. The first-order chi connectivity index (χ1) is 16.4. The van der Waals surface area contributed by atoms with E-state index in [0.717, 1.165) is 39.7 Å². The maximum Gasteiger partial charge on any atom is 0.338 e. The molecule has 0 radical (unpaired) electrons. The Morgan fingerprint density at radius 1 is 1.00 bits per heavy atom. The third-order valence-electron chi connectivity index (χ3n) is 4.18. The molecule has 0 bridgehead atoms. The smallest absolute Gasteiger partial charge is 0.338 e. The number of aryl methyl sites for hydroxylation is 1. The van der Waals surface area contributed by atoms with Gasteiger partial charge >= 0.3 is 5.97 Å². The average molecular weight is 493 g/mol. The van der Waals surface area contributed by atoms with Gasteiger partial charge in [0.25, 0.3) is 5.91 Å². The molecule has 3 rings (SSSR count). The summed E-state index contributed by atoms with van der Waals surface area (Å²) >= 11 is 1.14. The number of methoxy groups -OCH3 is 1. The van der Waals surface area contributed by atoms with Crippen LogP contribution in [0.25, 0.3) is 10.4 Å². The molecule has 2 heterocycles. The summed E-state index contributed by atoms with van der Waals surface area (Å²) in [5, 5.41) is 2.23. The number of thiophene rings is 1. The fraction of sp³-hybridized carbons (Fsp3) is 0.320. The van der Waals surface area contributed by atoms with E-state index in [1.165, 1.54) is 7.11 Å². The van der Waals surface area contributed by atoms with E-state index >= 15 is 0 Å². The van der Waals surface area contributed by atoms with E-state index < -0.39 is 29.2 Å². The minimum atomic E-state index is -0.962. The van der Waals surface area contributed by atoms with Crippen molar-refractivity contribution in [2.24, 2.45) is 0 Å². The first-order valence-corrected chi connectivity index (χ1v) is 11.7. The zero-order valence-electron chi connectivity index (χ0n) is 20.2. The number of aromatic nitrogens is 1. The zero-order chi connectivity index (χ0) is 25.7. The third kappa shape index (κ3) is 7.71. The second-order valence-electron chi connectivity index (χ2n) is 6.25. The van der Waals surface area contributed by atoms with Crippen molar-refractivity contribution in [1.29, 1.82) is 0 Å². The number of hydrogen-bond acceptors (Lipinski definition) is 6. The van der Waals surface area contributed by atoms with Gasteiger partial charge in [0.2, 0.25) is 0 Å². The fourth-order valence-corrected chi connectivity index (χ4v) is 3.61. The van der Waals surface area contributed by atoms with Gasteiger partial charge in [0, 0.05) is 12.0 Å². The molecule has 6 nitrogen and oxygen atoms in total. The number of halogens is 2. The van der Waals surface area contributed by atoms with Gasteiger partial charge in [-0.1, -0.05) is 33.8 Å². The lowest BCUT2D eigenvalue weighted by atomic mass is 10.0. The maximum absolute atomic E-state index is 13.7. The van der Waals surface area contributed by atoms with Crippen LogP contribution < -0.4 is 5.32 Å². The Balaban J connectivity index is 0.00000137. The van der Waals surface area contributed by atoms with Gasteiger partial charge in [-0.3, -0.25) is 9.78 Å². The molecule has 0 aliphatic carbocycles. The molecule has 0 spiro atoms. The average Bonchev–Trinajstić information content (AvgIpc) is 3.34. The van der Waals surface area contributed by atoms with Crippen molar-refractivity contribution in [2.45, 2.75) is 34.6 Å². The highest BCUT2D eigenvalue weighted by atomic mass is 32.1. The van der Waals surface area contributed by atoms with E-state index in [2.05, 4.69) is 10.3 Å². The number of carbonyl (C=O) groups is 2. The summed E-state index contributed by atoms with van der Waals surface area (Å²) < 4.78 is 37.4. The van der Waals surface area contributed by atoms with Crippen molar-refractivity contribution in [1.82, 2.24) is 4.98 Å². The minimum Gasteiger partial charge on any atom is -0.460 e. The van der Waals surface area contributed by atoms with E-state index in [1.807, 2.05) is 34.6 Å². The van der Waals surface area contributed by atoms with Crippen LogP contribution in [0, 0.1) is 18.6 Å². The fourth-order valence-electron chi connectivity index (χ4n) is 2.63. The molecule has 0 aliphatic rings. The van der Waals surface area contributed by atoms with E-state index in [4.69, 9.17) is 9.47 Å². The van der Waals surface area contributed by atoms with E-state index in [9.17, 15) is 18.4 Å². The number of anilines is 1. The molecule has 184 valence electrons. The lowest BCUT2D eigenvalue weighted by Gasteiger charge is -2.08. The topological polar surface area (TPSA) is 77.5 Å². The highest BCUT2D eigenvalue weighted by Gasteiger charge is 2.17. The Morgan fingerprint density at radius 3 is 2.26 bits per heavy atom. The quantitative estimate of drug-likeness (QED) is 0.301. The van der Waals surface area contributed by atoms with Gasteiger partial charge in [0.1, 0.15) is 12.3 Å². The molecule has 0 saturated heterocycles. The Kier molecular flexibility index (Phi) is 12.6. The highest BCUT2D eigenvalue weighted by Crippen LogP contribution is 2.32. The van der Waals surface area contributed by atoms with Crippen molar-refractivity contribution in [3.05, 3.63) is 70.4 Å². The number of nitrogens with one attached hydrogen (secondary N) is 1. The van der Waals surface area contributed by atoms with Crippen LogP contribution in [-0.4, -0.2) is 37.2 Å². The lowest BCUT2D eigenvalue weighted by molar-refractivity contribution is 0.0388. The monoisotopic (exact) mass is 492 g/mol. The molecule has 0 atom stereocenters. The van der Waals surface area contributed by atoms with Gasteiger partial charge in [-0.15, -0.1) is 11.3 Å². The molecule has 0 saturated carbocycles. The molecule has 2 aromatic heterocycles. The van der Waals surface area contributed by atoms with Gasteiger partial charge in [0.05, 0.1) is 29.4 Å². The predicted molar refractivity (Wildman–Crippen MR) is 131 cm³/mol. The molecule has 34 heavy (non-hydrogen) atoms. The Hall–Kier alpha value is -3.17. The number of amides is 1. The van der Waals surface area contributed by atoms with Crippen LogP contribution in [0.2, 0.25) is 0 Å². The normalized spacial score (nSPS) is 9.76. The van der Waals surface area contributed by atoms with Crippen LogP contribution >= 0.6 is 11.3 Å². The van der Waals surface area contributed by atoms with Crippen LogP contribution in [0.3, 0.4) is 0 Å². The molecule has 1 N–H and O–H groups in total. The van der Waals surface area contributed by atoms with Gasteiger partial charge < -0.3 is 14.8 Å². The number of rotatable bonds is 7. The first kappa shape index (κ1) is 28.9. The van der Waals surface area contributed by atoms with Crippen LogP contribution in [0.15, 0.2) is 42.7 Å². The second kappa shape index (κ2) is 14.9. The number of hydrogen-bond donors (Lipinski definition) is 1. The number of esters is 1. The largest absolute Gasteiger partial charge is 0.460 e. The number of carbonyl (C=O) groups excluding carboxylic acids is 2. The highest BCUT2D eigenvalue weighted by molar-refractivity contribution is 7.17. The van der Waals surface area contributed by atoms with Crippen molar-refractivity contribution < 1.29 is 27.8 Å². The third-order valence-corrected chi connectivity index (χ3v) is 5.30. The lowest BCUT2D eigenvalue weighted by Crippen LogP contribution is -2.13. The summed E-state index contributed by atoms with van der Waals surface area (Å²) in [6, 6.07) is 8.38. The van der Waals surface area contributed by atoms with Gasteiger partial charge in [0.15, 0.2) is 11.6 Å². The molecule has 0 unspecified atom stereocenters. The number of ether oxygens (including phenoxy) is 2. The van der Waals surface area contributed by atoms with Gasteiger partial charge in [-0.25, -0.2) is 13.6 Å². The summed E-state index contributed by atoms with van der Waals surface area (Å²) in [6.07, 6.45) is 1.64. The summed E-state index contributed by atoms with van der Waals surface area (Å²) in [5.74, 6) is -3.05. The maximum atomic E-state index is 13.7. The van der Waals surface area contributed by atoms with Crippen LogP contribution in [-0.2, 0) is 9.47 Å². The Labute approximate surface area is 202 Å². The molecule has 1 aromatic carbocycles. The van der Waals surface area contributed by atoms with Crippen LogP contribution in [0.5, 0.6) is 0 Å². The summed E-state index contributed by atoms with van der Waals surface area (Å²) in [5.41, 5.74) is 1.46. The number of pyridine rings is 1. The van der Waals surface area contributed by atoms with Crippen LogP contribution in [0.4, 0.5) is 14.5 Å². The second-order valence-corrected chi connectivity index (χ2v) is 7.34. The number of benzene rings is 1. The molecular formula is C25H30F2N2O4S. The molecule has 0 fully saturated rings. The predicted octanol–water partition coefficient (Wildman–Crippen LogP) is 6.50. The summed E-state index contributed by atoms with van der Waals surface area (Å²) in [7, 11) is 1.51. The van der Waals surface area contributed by atoms with E-state index in [0.29, 0.717) is 12.2 Å². The standard InChI is InChI=1S/C21H18F2N2O4S.2C2H6/c1-12-3-4-13(21(27)29-8-7-28-2)9-14(12)17-5-6-18(30-17)20(26)25-19-15(22)10-24-11-16(19)23;2*1-2/h3-6,9-11H,7-8H2,1-2H3,(H,24,25,26);2*1-2H3. The Bertz CT molecular complexity index is 1070. The summed E-state index contributed by atoms with van der Waals surface area (Å²) in [4.78, 5) is 29.0. The zero-order valence-corrected chi connectivity index (χ0v) is 21.0. The first-order valence-electron chi connectivity index (χ1n) is 10.9. The molecule has 1 amide bonds. The Morgan fingerprint density at radius 2 is 1.65 bits per heavy atom. The van der Waals surface area contributed by atoms with Crippen molar-refractivity contribution in [2.75, 3.05) is 25.6 Å². The summed E-state index contributed by atoms with van der Waals surface area (Å²) in [6.45, 7) is 10.3.